The van der Waals surface area contributed by atoms with E-state index in [0.717, 1.165) is 37.8 Å². The molecular weight excluding hydrogens is 228 g/mol. The van der Waals surface area contributed by atoms with E-state index >= 15 is 0 Å². The maximum absolute atomic E-state index is 12.1. The van der Waals surface area contributed by atoms with Crippen LogP contribution in [0.25, 0.3) is 0 Å². The first-order valence-corrected chi connectivity index (χ1v) is 6.71. The molecule has 1 heterocycles. The van der Waals surface area contributed by atoms with Crippen LogP contribution in [0.1, 0.15) is 62.0 Å². The third-order valence-corrected chi connectivity index (χ3v) is 3.08. The van der Waals surface area contributed by atoms with E-state index in [0.29, 0.717) is 5.56 Å². The van der Waals surface area contributed by atoms with Crippen molar-refractivity contribution in [3.8, 4) is 0 Å². The zero-order valence-electron chi connectivity index (χ0n) is 11.5. The lowest BCUT2D eigenvalue weighted by atomic mass is 10.0. The van der Waals surface area contributed by atoms with E-state index in [9.17, 15) is 4.79 Å². The van der Waals surface area contributed by atoms with Gasteiger partial charge in [0.25, 0.3) is 5.91 Å². The highest BCUT2D eigenvalue weighted by atomic mass is 16.1. The van der Waals surface area contributed by atoms with Crippen LogP contribution in [-0.2, 0) is 0 Å². The molecule has 0 saturated carbocycles. The lowest BCUT2D eigenvalue weighted by Crippen LogP contribution is -2.35. The number of amides is 1. The molecule has 1 rings (SSSR count). The number of anilines is 1. The highest BCUT2D eigenvalue weighted by Gasteiger charge is 2.19. The topological polar surface area (TPSA) is 83.8 Å². The molecule has 1 atom stereocenters. The molecule has 0 aliphatic rings. The largest absolute Gasteiger partial charge is 0.382 e. The highest BCUT2D eigenvalue weighted by molar-refractivity contribution is 5.99. The van der Waals surface area contributed by atoms with Crippen LogP contribution in [0.15, 0.2) is 0 Å². The summed E-state index contributed by atoms with van der Waals surface area (Å²) in [6.45, 7) is 6.09. The number of nitrogen functional groups attached to an aromatic ring is 1. The average Bonchev–Trinajstić information content (AvgIpc) is 2.66. The molecule has 1 aromatic rings. The smallest absolute Gasteiger partial charge is 0.257 e. The van der Waals surface area contributed by atoms with Crippen molar-refractivity contribution in [1.29, 1.82) is 0 Å². The summed E-state index contributed by atoms with van der Waals surface area (Å²) < 4.78 is 0. The Morgan fingerprint density at radius 2 is 2.11 bits per heavy atom. The summed E-state index contributed by atoms with van der Waals surface area (Å²) in [7, 11) is 0. The van der Waals surface area contributed by atoms with E-state index in [1.807, 2.05) is 0 Å². The van der Waals surface area contributed by atoms with E-state index in [2.05, 4.69) is 29.4 Å². The molecule has 1 aromatic heterocycles. The minimum Gasteiger partial charge on any atom is -0.382 e. The van der Waals surface area contributed by atoms with Crippen LogP contribution in [0.2, 0.25) is 0 Å². The summed E-state index contributed by atoms with van der Waals surface area (Å²) in [5, 5.41) is 9.63. The zero-order valence-corrected chi connectivity index (χ0v) is 11.5. The van der Waals surface area contributed by atoms with Crippen LogP contribution in [0.5, 0.6) is 0 Å². The Hall–Kier alpha value is -1.52. The second-order valence-corrected chi connectivity index (χ2v) is 4.71. The number of H-pyrrole nitrogens is 1. The summed E-state index contributed by atoms with van der Waals surface area (Å²) in [5.74, 6) is 0.157. The Labute approximate surface area is 109 Å². The van der Waals surface area contributed by atoms with Gasteiger partial charge in [0.15, 0.2) is 5.82 Å². The summed E-state index contributed by atoms with van der Waals surface area (Å²) in [4.78, 5) is 12.1. The van der Waals surface area contributed by atoms with Crippen LogP contribution < -0.4 is 11.1 Å². The molecule has 4 N–H and O–H groups in total. The Morgan fingerprint density at radius 1 is 1.39 bits per heavy atom. The number of carbonyl (C=O) groups is 1. The van der Waals surface area contributed by atoms with Gasteiger partial charge in [-0.1, -0.05) is 33.1 Å². The van der Waals surface area contributed by atoms with Gasteiger partial charge in [-0.05, 0) is 19.8 Å². The van der Waals surface area contributed by atoms with Gasteiger partial charge >= 0.3 is 0 Å². The number of aryl methyl sites for hydroxylation is 1. The first-order valence-electron chi connectivity index (χ1n) is 6.71. The molecule has 0 fully saturated rings. The van der Waals surface area contributed by atoms with Crippen molar-refractivity contribution in [2.24, 2.45) is 0 Å². The Balaban J connectivity index is 2.66. The van der Waals surface area contributed by atoms with Gasteiger partial charge in [0.05, 0.1) is 0 Å². The molecule has 0 bridgehead atoms. The van der Waals surface area contributed by atoms with Gasteiger partial charge in [-0.25, -0.2) is 0 Å². The molecule has 0 radical (unpaired) electrons. The van der Waals surface area contributed by atoms with Crippen LogP contribution in [0.4, 0.5) is 5.82 Å². The maximum Gasteiger partial charge on any atom is 0.257 e. The molecule has 5 heteroatoms. The fourth-order valence-corrected chi connectivity index (χ4v) is 2.08. The van der Waals surface area contributed by atoms with Crippen LogP contribution >= 0.6 is 0 Å². The fraction of sp³-hybridized carbons (Fsp3) is 0.692. The minimum absolute atomic E-state index is 0.117. The Morgan fingerprint density at radius 3 is 2.61 bits per heavy atom. The number of nitrogens with zero attached hydrogens (tertiary/aromatic N) is 1. The van der Waals surface area contributed by atoms with E-state index in [1.165, 1.54) is 0 Å². The number of unbranched alkanes of at least 4 members (excludes halogenated alkanes) is 1. The molecule has 0 aromatic carbocycles. The van der Waals surface area contributed by atoms with Gasteiger partial charge in [-0.15, -0.1) is 0 Å². The van der Waals surface area contributed by atoms with E-state index in [4.69, 9.17) is 5.73 Å². The molecule has 18 heavy (non-hydrogen) atoms. The molecular formula is C13H24N4O. The first kappa shape index (κ1) is 14.5. The Kier molecular flexibility index (Phi) is 5.68. The highest BCUT2D eigenvalue weighted by Crippen LogP contribution is 2.14. The normalized spacial score (nSPS) is 12.4. The number of hydrogen-bond donors (Lipinski definition) is 3. The van der Waals surface area contributed by atoms with Crippen molar-refractivity contribution >= 4 is 11.7 Å². The number of carbonyl (C=O) groups excluding carboxylic acids is 1. The van der Waals surface area contributed by atoms with E-state index in [1.54, 1.807) is 6.92 Å². The maximum atomic E-state index is 12.1. The summed E-state index contributed by atoms with van der Waals surface area (Å²) in [6, 6.07) is 0.233. The molecule has 0 spiro atoms. The van der Waals surface area contributed by atoms with Gasteiger partial charge < -0.3 is 11.1 Å². The summed E-state index contributed by atoms with van der Waals surface area (Å²) >= 11 is 0. The number of nitrogens with one attached hydrogen (secondary N) is 2. The number of rotatable bonds is 7. The van der Waals surface area contributed by atoms with Gasteiger partial charge in [0.1, 0.15) is 5.56 Å². The van der Waals surface area contributed by atoms with Gasteiger partial charge in [0, 0.05) is 11.7 Å². The van der Waals surface area contributed by atoms with Crippen molar-refractivity contribution in [1.82, 2.24) is 15.5 Å². The second kappa shape index (κ2) is 7.03. The zero-order chi connectivity index (χ0) is 13.5. The van der Waals surface area contributed by atoms with E-state index in [-0.39, 0.29) is 17.8 Å². The summed E-state index contributed by atoms with van der Waals surface area (Å²) in [5.41, 5.74) is 6.89. The fourth-order valence-electron chi connectivity index (χ4n) is 2.08. The van der Waals surface area contributed by atoms with Gasteiger partial charge in [0.2, 0.25) is 0 Å². The SMILES string of the molecule is CCCCC(CCC)NC(=O)c1c(N)n[nH]c1C. The Bertz CT molecular complexity index is 367. The van der Waals surface area contributed by atoms with Crippen molar-refractivity contribution < 1.29 is 4.79 Å². The first-order chi connectivity index (χ1) is 8.60. The lowest BCUT2D eigenvalue weighted by molar-refractivity contribution is 0.0932. The van der Waals surface area contributed by atoms with Crippen LogP contribution in [-0.4, -0.2) is 22.1 Å². The molecule has 1 unspecified atom stereocenters. The van der Waals surface area contributed by atoms with Crippen LogP contribution in [0, 0.1) is 6.92 Å². The van der Waals surface area contributed by atoms with E-state index < -0.39 is 0 Å². The quantitative estimate of drug-likeness (QED) is 0.696. The molecule has 0 aliphatic carbocycles. The van der Waals surface area contributed by atoms with Crippen molar-refractivity contribution in [2.45, 2.75) is 58.9 Å². The summed E-state index contributed by atoms with van der Waals surface area (Å²) in [6.07, 6.45) is 5.36. The average molecular weight is 252 g/mol. The monoisotopic (exact) mass is 252 g/mol. The molecule has 1 amide bonds. The number of nitrogens with two attached hydrogens (primary N) is 1. The predicted molar refractivity (Wildman–Crippen MR) is 73.4 cm³/mol. The minimum atomic E-state index is -0.117. The van der Waals surface area contributed by atoms with Crippen molar-refractivity contribution in [3.05, 3.63) is 11.3 Å². The number of aromatic amines is 1. The number of hydrogen-bond acceptors (Lipinski definition) is 3. The molecule has 0 saturated heterocycles. The molecule has 0 aliphatic heterocycles. The molecule has 102 valence electrons. The third-order valence-electron chi connectivity index (χ3n) is 3.08. The third kappa shape index (κ3) is 3.75. The second-order valence-electron chi connectivity index (χ2n) is 4.71. The van der Waals surface area contributed by atoms with Gasteiger partial charge in [-0.3, -0.25) is 9.89 Å². The van der Waals surface area contributed by atoms with Crippen molar-refractivity contribution in [2.75, 3.05) is 5.73 Å². The van der Waals surface area contributed by atoms with Crippen LogP contribution in [0.3, 0.4) is 0 Å². The predicted octanol–water partition coefficient (Wildman–Crippen LogP) is 2.39. The molecule has 5 nitrogen and oxygen atoms in total. The van der Waals surface area contributed by atoms with Gasteiger partial charge in [-0.2, -0.15) is 5.10 Å². The van der Waals surface area contributed by atoms with Crippen molar-refractivity contribution in [3.63, 3.8) is 0 Å². The number of aromatic nitrogens is 2. The standard InChI is InChI=1S/C13H24N4O/c1-4-6-8-10(7-5-2)15-13(18)11-9(3)16-17-12(11)14/h10H,4-8H2,1-3H3,(H,15,18)(H3,14,16,17). The lowest BCUT2D eigenvalue weighted by Gasteiger charge is -2.17.